The van der Waals surface area contributed by atoms with Gasteiger partial charge in [-0.25, -0.2) is 9.59 Å². The number of nitrogens with one attached hydrogen (secondary N) is 2. The molecule has 0 spiro atoms. The normalized spacial score (nSPS) is 11.5. The van der Waals surface area contributed by atoms with Crippen LogP contribution in [0.5, 0.6) is 5.88 Å². The molecule has 0 unspecified atom stereocenters. The van der Waals surface area contributed by atoms with Crippen molar-refractivity contribution in [3.63, 3.8) is 0 Å². The van der Waals surface area contributed by atoms with Gasteiger partial charge in [-0.1, -0.05) is 6.08 Å². The van der Waals surface area contributed by atoms with Crippen molar-refractivity contribution < 1.29 is 5.11 Å². The summed E-state index contributed by atoms with van der Waals surface area (Å²) in [7, 11) is 2.92. The van der Waals surface area contributed by atoms with Crippen LogP contribution in [0.4, 0.5) is 11.6 Å². The third-order valence-corrected chi connectivity index (χ3v) is 3.79. The minimum atomic E-state index is -0.959. The second-order valence-electron chi connectivity index (χ2n) is 5.49. The lowest BCUT2D eigenvalue weighted by Gasteiger charge is -2.05. The molecule has 0 atom stereocenters. The summed E-state index contributed by atoms with van der Waals surface area (Å²) >= 11 is 0. The highest BCUT2D eigenvalue weighted by atomic mass is 16.3. The van der Waals surface area contributed by atoms with Gasteiger partial charge in [0.1, 0.15) is 0 Å². The fourth-order valence-electron chi connectivity index (χ4n) is 2.47. The maximum Gasteiger partial charge on any atom is 0.332 e. The highest BCUT2D eigenvalue weighted by Gasteiger charge is 2.18. The van der Waals surface area contributed by atoms with Crippen molar-refractivity contribution in [2.24, 2.45) is 24.3 Å². The quantitative estimate of drug-likeness (QED) is 0.395. The highest BCUT2D eigenvalue weighted by Crippen LogP contribution is 2.21. The molecule has 0 bridgehead atoms. The molecule has 3 aromatic rings. The molecule has 27 heavy (non-hydrogen) atoms. The number of H-pyrrole nitrogens is 2. The Hall–Kier alpha value is -4.03. The smallest absolute Gasteiger partial charge is 0.332 e. The summed E-state index contributed by atoms with van der Waals surface area (Å²) in [6, 6.07) is 0. The number of nitrogens with zero attached hydrogens (tertiary/aromatic N) is 6. The molecule has 3 aromatic heterocycles. The van der Waals surface area contributed by atoms with Crippen LogP contribution in [-0.4, -0.2) is 33.8 Å². The van der Waals surface area contributed by atoms with E-state index >= 15 is 0 Å². The number of aryl methyl sites for hydroxylation is 2. The molecule has 13 nitrogen and oxygen atoms in total. The molecule has 3 rings (SSSR count). The first-order valence-electron chi connectivity index (χ1n) is 7.50. The molecular weight excluding hydrogens is 360 g/mol. The van der Waals surface area contributed by atoms with Gasteiger partial charge in [-0.2, -0.15) is 4.98 Å². The van der Waals surface area contributed by atoms with E-state index in [1.165, 1.54) is 29.3 Å². The minimum Gasteiger partial charge on any atom is -0.493 e. The summed E-state index contributed by atoms with van der Waals surface area (Å²) in [5, 5.41) is 16.9. The first-order valence-corrected chi connectivity index (χ1v) is 7.50. The summed E-state index contributed by atoms with van der Waals surface area (Å²) in [5.74, 6) is -0.870. The van der Waals surface area contributed by atoms with Gasteiger partial charge in [-0.3, -0.25) is 28.7 Å². The van der Waals surface area contributed by atoms with Gasteiger partial charge in [0.2, 0.25) is 11.6 Å². The second kappa shape index (κ2) is 6.36. The molecule has 3 heterocycles. The van der Waals surface area contributed by atoms with Gasteiger partial charge in [-0.05, 0) is 0 Å². The Balaban J connectivity index is 2.23. The first kappa shape index (κ1) is 17.8. The fraction of sp³-hybridized carbons (Fsp3) is 0.214. The molecule has 0 fully saturated rings. The number of hydrogen-bond donors (Lipinski definition) is 3. The molecule has 0 aliphatic heterocycles. The Bertz CT molecular complexity index is 1330. The van der Waals surface area contributed by atoms with Crippen LogP contribution < -0.4 is 22.5 Å². The number of rotatable bonds is 4. The number of azo groups is 1. The molecule has 0 radical (unpaired) electrons. The number of aromatic amines is 2. The minimum absolute atomic E-state index is 0.0180. The molecule has 0 aliphatic rings. The Morgan fingerprint density at radius 1 is 1.15 bits per heavy atom. The molecule has 0 aromatic carbocycles. The van der Waals surface area contributed by atoms with Gasteiger partial charge in [0.25, 0.3) is 17.1 Å². The monoisotopic (exact) mass is 374 g/mol. The van der Waals surface area contributed by atoms with Crippen molar-refractivity contribution in [3.8, 4) is 5.88 Å². The largest absolute Gasteiger partial charge is 0.493 e. The summed E-state index contributed by atoms with van der Waals surface area (Å²) in [5.41, 5.74) is -3.41. The van der Waals surface area contributed by atoms with Crippen molar-refractivity contribution in [2.45, 2.75) is 6.54 Å². The van der Waals surface area contributed by atoms with Gasteiger partial charge < -0.3 is 9.67 Å². The van der Waals surface area contributed by atoms with Crippen molar-refractivity contribution in [2.75, 3.05) is 0 Å². The van der Waals surface area contributed by atoms with Crippen molar-refractivity contribution >= 4 is 22.8 Å². The van der Waals surface area contributed by atoms with Crippen LogP contribution in [-0.2, 0) is 20.6 Å². The van der Waals surface area contributed by atoms with E-state index in [2.05, 4.69) is 21.8 Å². The molecule has 3 N–H and O–H groups in total. The van der Waals surface area contributed by atoms with Crippen LogP contribution in [0.3, 0.4) is 0 Å². The average molecular weight is 374 g/mol. The SMILES string of the molecule is C=CCn1c(=O)c2c(nc(N=Nc3c(O)[nH]c(=O)[nH]c3=O)n2C)n(C)c1=O. The van der Waals surface area contributed by atoms with E-state index in [4.69, 9.17) is 0 Å². The zero-order valence-corrected chi connectivity index (χ0v) is 14.3. The Morgan fingerprint density at radius 3 is 2.48 bits per heavy atom. The number of fused-ring (bicyclic) bond motifs is 1. The van der Waals surface area contributed by atoms with Gasteiger partial charge >= 0.3 is 11.4 Å². The van der Waals surface area contributed by atoms with Crippen LogP contribution in [0.15, 0.2) is 42.1 Å². The first-order chi connectivity index (χ1) is 12.8. The number of imidazole rings is 1. The van der Waals surface area contributed by atoms with Crippen LogP contribution in [0.25, 0.3) is 11.2 Å². The van der Waals surface area contributed by atoms with Gasteiger partial charge in [-0.15, -0.1) is 16.8 Å². The van der Waals surface area contributed by atoms with Crippen LogP contribution in [0.2, 0.25) is 0 Å². The molecule has 0 aliphatic carbocycles. The Labute approximate surface area is 148 Å². The zero-order chi connectivity index (χ0) is 19.9. The molecule has 13 heteroatoms. The predicted molar refractivity (Wildman–Crippen MR) is 93.9 cm³/mol. The van der Waals surface area contributed by atoms with Gasteiger partial charge in [0.05, 0.1) is 0 Å². The molecular formula is C14H14N8O5. The van der Waals surface area contributed by atoms with Crippen LogP contribution in [0.1, 0.15) is 0 Å². The Kier molecular flexibility index (Phi) is 4.19. The second-order valence-corrected chi connectivity index (χ2v) is 5.49. The number of hydrogen-bond acceptors (Lipinski definition) is 8. The van der Waals surface area contributed by atoms with E-state index in [1.807, 2.05) is 9.97 Å². The van der Waals surface area contributed by atoms with E-state index in [0.717, 1.165) is 4.57 Å². The van der Waals surface area contributed by atoms with E-state index < -0.39 is 34.1 Å². The molecule has 0 saturated heterocycles. The van der Waals surface area contributed by atoms with Crippen molar-refractivity contribution in [1.82, 2.24) is 28.7 Å². The summed E-state index contributed by atoms with van der Waals surface area (Å²) in [6.07, 6.45) is 1.41. The summed E-state index contributed by atoms with van der Waals surface area (Å²) in [6.45, 7) is 3.53. The lowest BCUT2D eigenvalue weighted by molar-refractivity contribution is 0.450. The third kappa shape index (κ3) is 2.80. The van der Waals surface area contributed by atoms with Crippen molar-refractivity contribution in [3.05, 3.63) is 54.3 Å². The maximum absolute atomic E-state index is 12.6. The summed E-state index contributed by atoms with van der Waals surface area (Å²) in [4.78, 5) is 55.5. The molecule has 0 amide bonds. The standard InChI is InChI=1S/C14H14N8O5/c1-4-5-22-11(25)7-8(21(3)14(22)27)15-12(20(7)2)19-18-6-9(23)16-13(26)17-10(6)24/h4H,1,5H2,2-3H3,(H3,16,17,23,24,26). The van der Waals surface area contributed by atoms with E-state index in [0.29, 0.717) is 0 Å². The topological polar surface area (TPSA) is 172 Å². The number of allylic oxidation sites excluding steroid dienone is 1. The van der Waals surface area contributed by atoms with E-state index in [9.17, 15) is 24.3 Å². The summed E-state index contributed by atoms with van der Waals surface area (Å²) < 4.78 is 3.44. The predicted octanol–water partition coefficient (Wildman–Crippen LogP) is -0.883. The van der Waals surface area contributed by atoms with E-state index in [1.54, 1.807) is 0 Å². The molecule has 0 saturated carbocycles. The van der Waals surface area contributed by atoms with Crippen LogP contribution >= 0.6 is 0 Å². The number of aromatic hydroxyl groups is 1. The maximum atomic E-state index is 12.6. The highest BCUT2D eigenvalue weighted by molar-refractivity contribution is 5.73. The van der Waals surface area contributed by atoms with Gasteiger partial charge in [0, 0.05) is 20.6 Å². The average Bonchev–Trinajstić information content (AvgIpc) is 2.93. The van der Waals surface area contributed by atoms with E-state index in [-0.39, 0.29) is 23.7 Å². The third-order valence-electron chi connectivity index (χ3n) is 3.79. The zero-order valence-electron chi connectivity index (χ0n) is 14.3. The lowest BCUT2D eigenvalue weighted by atomic mass is 10.5. The van der Waals surface area contributed by atoms with Crippen LogP contribution in [0, 0.1) is 0 Å². The van der Waals surface area contributed by atoms with Crippen molar-refractivity contribution in [1.29, 1.82) is 0 Å². The molecule has 140 valence electrons. The number of aromatic nitrogens is 6. The fourth-order valence-corrected chi connectivity index (χ4v) is 2.47. The Morgan fingerprint density at radius 2 is 1.85 bits per heavy atom. The van der Waals surface area contributed by atoms with Gasteiger partial charge in [0.15, 0.2) is 11.2 Å². The lowest BCUT2D eigenvalue weighted by Crippen LogP contribution is -2.39.